The highest BCUT2D eigenvalue weighted by Gasteiger charge is 2.25. The van der Waals surface area contributed by atoms with Crippen LogP contribution in [0.5, 0.6) is 0 Å². The quantitative estimate of drug-likeness (QED) is 0.248. The Hall–Kier alpha value is -2.87. The van der Waals surface area contributed by atoms with Crippen LogP contribution in [-0.2, 0) is 27.7 Å². The van der Waals surface area contributed by atoms with E-state index >= 15 is 0 Å². The summed E-state index contributed by atoms with van der Waals surface area (Å²) in [7, 11) is -3.31. The number of anilines is 1. The highest BCUT2D eigenvalue weighted by molar-refractivity contribution is 7.93. The van der Waals surface area contributed by atoms with Crippen molar-refractivity contribution >= 4 is 37.8 Å². The van der Waals surface area contributed by atoms with Crippen LogP contribution in [0.15, 0.2) is 83.9 Å². The minimum atomic E-state index is -3.31. The number of hydrogen-bond donors (Lipinski definition) is 0. The second-order valence-electron chi connectivity index (χ2n) is 9.63. The third-order valence-corrected chi connectivity index (χ3v) is 8.84. The normalized spacial score (nSPS) is 12.9. The molecule has 1 atom stereocenters. The zero-order valence-electron chi connectivity index (χ0n) is 21.3. The maximum Gasteiger partial charge on any atom is 0.175 e. The number of benzene rings is 3. The van der Waals surface area contributed by atoms with Gasteiger partial charge in [-0.1, -0.05) is 38.1 Å². The lowest BCUT2D eigenvalue weighted by molar-refractivity contribution is 0.580. The third-order valence-electron chi connectivity index (χ3n) is 6.13. The molecule has 0 radical (unpaired) electrons. The maximum absolute atomic E-state index is 13.3. The van der Waals surface area contributed by atoms with Gasteiger partial charge in [-0.05, 0) is 85.0 Å². The van der Waals surface area contributed by atoms with E-state index in [0.29, 0.717) is 18.2 Å². The Morgan fingerprint density at radius 3 is 2.31 bits per heavy atom. The van der Waals surface area contributed by atoms with Gasteiger partial charge in [-0.3, -0.25) is 4.98 Å². The van der Waals surface area contributed by atoms with E-state index in [0.717, 1.165) is 27.6 Å². The topological polar surface area (TPSA) is 73.3 Å². The summed E-state index contributed by atoms with van der Waals surface area (Å²) in [6.45, 7) is 8.63. The van der Waals surface area contributed by atoms with Crippen LogP contribution >= 0.6 is 0 Å². The molecule has 0 saturated carbocycles. The fraction of sp³-hybridized carbons (Fsp3) is 0.276. The van der Waals surface area contributed by atoms with Crippen molar-refractivity contribution in [3.8, 4) is 11.1 Å². The van der Waals surface area contributed by atoms with Crippen LogP contribution in [0, 0.1) is 0 Å². The smallest absolute Gasteiger partial charge is 0.175 e. The first-order valence-corrected chi connectivity index (χ1v) is 15.1. The molecule has 1 aromatic heterocycles. The van der Waals surface area contributed by atoms with Gasteiger partial charge in [-0.15, -0.1) is 0 Å². The van der Waals surface area contributed by atoms with Crippen LogP contribution in [0.4, 0.5) is 5.69 Å². The number of sulfone groups is 1. The van der Waals surface area contributed by atoms with Gasteiger partial charge in [-0.25, -0.2) is 8.42 Å². The Kier molecular flexibility index (Phi) is 7.73. The molecule has 1 unspecified atom stereocenters. The van der Waals surface area contributed by atoms with Gasteiger partial charge in [0.1, 0.15) is 5.25 Å². The molecule has 36 heavy (non-hydrogen) atoms. The zero-order chi connectivity index (χ0) is 26.0. The monoisotopic (exact) mass is 520 g/mol. The second kappa shape index (κ2) is 10.6. The Bertz CT molecular complexity index is 1470. The van der Waals surface area contributed by atoms with Crippen LogP contribution in [0.3, 0.4) is 0 Å². The number of nitrogens with zero attached hydrogens (tertiary/aromatic N) is 2. The fourth-order valence-corrected chi connectivity index (χ4v) is 5.89. The summed E-state index contributed by atoms with van der Waals surface area (Å²) in [5.41, 5.74) is 6.07. The van der Waals surface area contributed by atoms with Crippen LogP contribution in [0.25, 0.3) is 22.0 Å². The molecule has 0 saturated heterocycles. The van der Waals surface area contributed by atoms with Gasteiger partial charge in [-0.2, -0.15) is 4.31 Å². The number of aromatic nitrogens is 1. The minimum Gasteiger partial charge on any atom is -0.593 e. The van der Waals surface area contributed by atoms with E-state index in [9.17, 15) is 13.0 Å². The first-order valence-electron chi connectivity index (χ1n) is 12.0. The molecule has 4 aromatic rings. The van der Waals surface area contributed by atoms with Gasteiger partial charge in [0.15, 0.2) is 9.84 Å². The fourth-order valence-electron chi connectivity index (χ4n) is 4.14. The van der Waals surface area contributed by atoms with Crippen LogP contribution < -0.4 is 4.31 Å². The average molecular weight is 521 g/mol. The van der Waals surface area contributed by atoms with Gasteiger partial charge in [0.2, 0.25) is 0 Å². The van der Waals surface area contributed by atoms with Crippen molar-refractivity contribution in [3.05, 3.63) is 90.1 Å². The molecule has 0 spiro atoms. The SMILES string of the molecule is CC(C)c1cc(-c2cccc(CN(c3ccc(S(C)(=O)=O)cc3)[S+]([O-])C(C)C)c2)c2ncccc2c1. The van der Waals surface area contributed by atoms with Crippen molar-refractivity contribution in [2.24, 2.45) is 0 Å². The summed E-state index contributed by atoms with van der Waals surface area (Å²) in [6, 6.07) is 23.3. The van der Waals surface area contributed by atoms with Gasteiger partial charge in [0.05, 0.1) is 34.0 Å². The van der Waals surface area contributed by atoms with Crippen molar-refractivity contribution in [3.63, 3.8) is 0 Å². The first-order chi connectivity index (χ1) is 17.0. The number of pyridine rings is 1. The second-order valence-corrected chi connectivity index (χ2v) is 13.6. The van der Waals surface area contributed by atoms with Gasteiger partial charge >= 0.3 is 0 Å². The molecule has 0 aliphatic rings. The van der Waals surface area contributed by atoms with Crippen molar-refractivity contribution in [2.75, 3.05) is 10.6 Å². The van der Waals surface area contributed by atoms with E-state index in [-0.39, 0.29) is 10.1 Å². The Morgan fingerprint density at radius 2 is 1.67 bits per heavy atom. The van der Waals surface area contributed by atoms with Crippen molar-refractivity contribution in [1.29, 1.82) is 0 Å². The van der Waals surface area contributed by atoms with Crippen LogP contribution in [0.1, 0.15) is 44.7 Å². The summed E-state index contributed by atoms with van der Waals surface area (Å²) >= 11 is -1.30. The molecule has 5 nitrogen and oxygen atoms in total. The molecule has 1 heterocycles. The average Bonchev–Trinajstić information content (AvgIpc) is 2.86. The predicted molar refractivity (Wildman–Crippen MR) is 150 cm³/mol. The van der Waals surface area contributed by atoms with E-state index in [4.69, 9.17) is 0 Å². The lowest BCUT2D eigenvalue weighted by Gasteiger charge is -2.29. The lowest BCUT2D eigenvalue weighted by atomic mass is 9.93. The third kappa shape index (κ3) is 5.75. The molecule has 3 aromatic carbocycles. The molecule has 0 amide bonds. The molecular weight excluding hydrogens is 488 g/mol. The Morgan fingerprint density at radius 1 is 0.944 bits per heavy atom. The van der Waals surface area contributed by atoms with Crippen molar-refractivity contribution in [2.45, 2.75) is 50.3 Å². The highest BCUT2D eigenvalue weighted by atomic mass is 32.2. The molecule has 7 heteroatoms. The summed E-state index contributed by atoms with van der Waals surface area (Å²) < 4.78 is 38.9. The number of fused-ring (bicyclic) bond motifs is 1. The zero-order valence-corrected chi connectivity index (χ0v) is 22.9. The molecule has 0 aliphatic carbocycles. The van der Waals surface area contributed by atoms with E-state index in [1.807, 2.05) is 42.5 Å². The van der Waals surface area contributed by atoms with Crippen LogP contribution in [-0.4, -0.2) is 29.5 Å². The molecule has 0 fully saturated rings. The van der Waals surface area contributed by atoms with E-state index in [1.165, 1.54) is 11.8 Å². The van der Waals surface area contributed by atoms with Gasteiger partial charge < -0.3 is 4.55 Å². The number of rotatable bonds is 8. The van der Waals surface area contributed by atoms with Crippen molar-refractivity contribution < 1.29 is 13.0 Å². The van der Waals surface area contributed by atoms with Crippen LogP contribution in [0.2, 0.25) is 0 Å². The van der Waals surface area contributed by atoms with E-state index in [2.05, 4.69) is 49.2 Å². The summed E-state index contributed by atoms with van der Waals surface area (Å²) in [5, 5.41) is 1.01. The summed E-state index contributed by atoms with van der Waals surface area (Å²) in [4.78, 5) is 4.91. The Labute approximate surface area is 217 Å². The lowest BCUT2D eigenvalue weighted by Crippen LogP contribution is -2.36. The summed E-state index contributed by atoms with van der Waals surface area (Å²) in [6.07, 6.45) is 3.00. The van der Waals surface area contributed by atoms with Gasteiger partial charge in [0.25, 0.3) is 0 Å². The molecule has 4 rings (SSSR count). The van der Waals surface area contributed by atoms with E-state index in [1.54, 1.807) is 24.3 Å². The predicted octanol–water partition coefficient (Wildman–Crippen LogP) is 6.51. The molecule has 0 aliphatic heterocycles. The molecular formula is C29H32N2O3S2. The maximum atomic E-state index is 13.3. The number of hydrogen-bond acceptors (Lipinski definition) is 5. The van der Waals surface area contributed by atoms with Gasteiger partial charge in [0, 0.05) is 23.4 Å². The highest BCUT2D eigenvalue weighted by Crippen LogP contribution is 2.33. The van der Waals surface area contributed by atoms with E-state index < -0.39 is 21.2 Å². The standard InChI is InChI=1S/C29H32N2O3S2/c1-20(2)25-17-24-10-7-15-30-29(24)28(18-25)23-9-6-8-22(16-23)19-31(35(32)21(3)4)26-11-13-27(14-12-26)36(5,33)34/h6-18,20-21H,19H2,1-5H3. The first kappa shape index (κ1) is 26.2. The molecule has 188 valence electrons. The Balaban J connectivity index is 1.74. The molecule has 0 N–H and O–H groups in total. The largest absolute Gasteiger partial charge is 0.593 e. The summed E-state index contributed by atoms with van der Waals surface area (Å²) in [5.74, 6) is 0.385. The van der Waals surface area contributed by atoms with Crippen molar-refractivity contribution in [1.82, 2.24) is 4.98 Å². The molecule has 0 bridgehead atoms. The minimum absolute atomic E-state index is 0.0985.